The molecular formula is C8H12O3S2. The molecule has 0 saturated heterocycles. The van der Waals surface area contributed by atoms with Gasteiger partial charge in [0.1, 0.15) is 4.21 Å². The molecule has 1 aromatic rings. The highest BCUT2D eigenvalue weighted by molar-refractivity contribution is 7.88. The maximum atomic E-state index is 10.7. The molecule has 1 aromatic heterocycles. The van der Waals surface area contributed by atoms with Gasteiger partial charge in [0.25, 0.3) is 0 Å². The summed E-state index contributed by atoms with van der Waals surface area (Å²) >= 11 is 1.05. The molecule has 5 heteroatoms. The van der Waals surface area contributed by atoms with E-state index in [1.165, 1.54) is 6.07 Å². The Hall–Kier alpha value is -0.390. The average Bonchev–Trinajstić information content (AvgIpc) is 2.28. The molecule has 74 valence electrons. The van der Waals surface area contributed by atoms with E-state index in [1.807, 2.05) is 20.8 Å². The Balaban J connectivity index is 3.16. The molecule has 13 heavy (non-hydrogen) atoms. The topological polar surface area (TPSA) is 54.4 Å². The number of rotatable bonds is 1. The summed E-state index contributed by atoms with van der Waals surface area (Å²) in [6.07, 6.45) is 0. The van der Waals surface area contributed by atoms with Crippen molar-refractivity contribution in [3.8, 4) is 0 Å². The van der Waals surface area contributed by atoms with Gasteiger partial charge in [-0.1, -0.05) is 20.8 Å². The first-order valence-corrected chi connectivity index (χ1v) is 6.10. The smallest absolute Gasteiger partial charge is 0.281 e. The van der Waals surface area contributed by atoms with Crippen LogP contribution in [-0.2, 0) is 15.5 Å². The molecule has 1 rings (SSSR count). The van der Waals surface area contributed by atoms with Gasteiger partial charge < -0.3 is 0 Å². The molecule has 0 aliphatic heterocycles. The van der Waals surface area contributed by atoms with E-state index in [0.717, 1.165) is 16.9 Å². The van der Waals surface area contributed by atoms with E-state index in [1.54, 1.807) is 5.38 Å². The summed E-state index contributed by atoms with van der Waals surface area (Å²) in [5, 5.41) is 1.75. The quantitative estimate of drug-likeness (QED) is 0.739. The standard InChI is InChI=1S/C8H12O3S2/c1-8(2,3)6-4-7(12-5-6)13(9,10)11/h4-5H,1-3H3,(H,9,10,11). The second-order valence-electron chi connectivity index (χ2n) is 3.88. The van der Waals surface area contributed by atoms with Crippen molar-refractivity contribution in [2.24, 2.45) is 0 Å². The summed E-state index contributed by atoms with van der Waals surface area (Å²) in [5.74, 6) is 0. The number of hydrogen-bond acceptors (Lipinski definition) is 3. The molecule has 0 amide bonds. The molecule has 0 radical (unpaired) electrons. The summed E-state index contributed by atoms with van der Waals surface area (Å²) in [5.41, 5.74) is 0.838. The van der Waals surface area contributed by atoms with Crippen LogP contribution in [0.15, 0.2) is 15.7 Å². The van der Waals surface area contributed by atoms with E-state index in [0.29, 0.717) is 0 Å². The van der Waals surface area contributed by atoms with Crippen molar-refractivity contribution in [2.45, 2.75) is 30.4 Å². The highest BCUT2D eigenvalue weighted by atomic mass is 32.3. The lowest BCUT2D eigenvalue weighted by molar-refractivity contribution is 0.485. The maximum absolute atomic E-state index is 10.7. The second-order valence-corrected chi connectivity index (χ2v) is 6.44. The van der Waals surface area contributed by atoms with Gasteiger partial charge in [0.15, 0.2) is 0 Å². The van der Waals surface area contributed by atoms with Crippen LogP contribution >= 0.6 is 11.3 Å². The molecule has 3 nitrogen and oxygen atoms in total. The first-order chi connectivity index (χ1) is 5.71. The highest BCUT2D eigenvalue weighted by Gasteiger charge is 2.19. The number of hydrogen-bond donors (Lipinski definition) is 1. The van der Waals surface area contributed by atoms with E-state index in [4.69, 9.17) is 4.55 Å². The van der Waals surface area contributed by atoms with Crippen LogP contribution in [0.5, 0.6) is 0 Å². The Kier molecular flexibility index (Phi) is 2.53. The minimum absolute atomic E-state index is 0.0115. The third kappa shape index (κ3) is 2.52. The lowest BCUT2D eigenvalue weighted by Crippen LogP contribution is -2.09. The van der Waals surface area contributed by atoms with E-state index >= 15 is 0 Å². The normalized spacial score (nSPS) is 13.2. The fourth-order valence-electron chi connectivity index (χ4n) is 0.845. The van der Waals surface area contributed by atoms with Gasteiger partial charge in [-0.25, -0.2) is 0 Å². The van der Waals surface area contributed by atoms with Crippen molar-refractivity contribution in [1.29, 1.82) is 0 Å². The van der Waals surface area contributed by atoms with Gasteiger partial charge in [0.05, 0.1) is 0 Å². The summed E-state index contributed by atoms with van der Waals surface area (Å²) < 4.78 is 30.2. The maximum Gasteiger partial charge on any atom is 0.304 e. The average molecular weight is 220 g/mol. The molecular weight excluding hydrogens is 208 g/mol. The Morgan fingerprint density at radius 2 is 1.92 bits per heavy atom. The van der Waals surface area contributed by atoms with E-state index in [9.17, 15) is 8.42 Å². The van der Waals surface area contributed by atoms with Gasteiger partial charge in [-0.2, -0.15) is 8.42 Å². The van der Waals surface area contributed by atoms with Crippen LogP contribution in [0.3, 0.4) is 0 Å². The van der Waals surface area contributed by atoms with Gasteiger partial charge in [-0.3, -0.25) is 4.55 Å². The molecule has 1 heterocycles. The molecule has 0 bridgehead atoms. The molecule has 0 spiro atoms. The molecule has 0 aromatic carbocycles. The molecule has 1 N–H and O–H groups in total. The zero-order valence-electron chi connectivity index (χ0n) is 7.73. The zero-order chi connectivity index (χ0) is 10.3. The van der Waals surface area contributed by atoms with E-state index < -0.39 is 10.1 Å². The fraction of sp³-hybridized carbons (Fsp3) is 0.500. The van der Waals surface area contributed by atoms with Crippen LogP contribution in [0, 0.1) is 0 Å². The van der Waals surface area contributed by atoms with Gasteiger partial charge in [-0.15, -0.1) is 11.3 Å². The van der Waals surface area contributed by atoms with Crippen molar-refractivity contribution in [1.82, 2.24) is 0 Å². The van der Waals surface area contributed by atoms with Crippen molar-refractivity contribution in [2.75, 3.05) is 0 Å². The van der Waals surface area contributed by atoms with Crippen molar-refractivity contribution >= 4 is 21.5 Å². The summed E-state index contributed by atoms with van der Waals surface area (Å²) in [6.45, 7) is 5.97. The van der Waals surface area contributed by atoms with Gasteiger partial charge >= 0.3 is 10.1 Å². The zero-order valence-corrected chi connectivity index (χ0v) is 9.37. The third-order valence-corrected chi connectivity index (χ3v) is 3.96. The Labute approximate surface area is 82.2 Å². The lowest BCUT2D eigenvalue weighted by atomic mass is 9.90. The minimum Gasteiger partial charge on any atom is -0.281 e. The van der Waals surface area contributed by atoms with Gasteiger partial charge in [-0.05, 0) is 22.4 Å². The highest BCUT2D eigenvalue weighted by Crippen LogP contribution is 2.29. The SMILES string of the molecule is CC(C)(C)c1csc(S(=O)(=O)O)c1. The van der Waals surface area contributed by atoms with Crippen molar-refractivity contribution in [3.05, 3.63) is 17.0 Å². The van der Waals surface area contributed by atoms with Crippen LogP contribution in [0.1, 0.15) is 26.3 Å². The van der Waals surface area contributed by atoms with Crippen LogP contribution in [0.4, 0.5) is 0 Å². The molecule has 0 aliphatic carbocycles. The predicted molar refractivity (Wildman–Crippen MR) is 52.8 cm³/mol. The van der Waals surface area contributed by atoms with Crippen LogP contribution in [-0.4, -0.2) is 13.0 Å². The Morgan fingerprint density at radius 1 is 1.38 bits per heavy atom. The fourth-order valence-corrected chi connectivity index (χ4v) is 2.61. The molecule has 0 unspecified atom stereocenters. The van der Waals surface area contributed by atoms with E-state index in [-0.39, 0.29) is 9.62 Å². The van der Waals surface area contributed by atoms with Crippen LogP contribution < -0.4 is 0 Å². The second kappa shape index (κ2) is 3.08. The van der Waals surface area contributed by atoms with Crippen molar-refractivity contribution in [3.63, 3.8) is 0 Å². The van der Waals surface area contributed by atoms with E-state index in [2.05, 4.69) is 0 Å². The predicted octanol–water partition coefficient (Wildman–Crippen LogP) is 2.29. The molecule has 0 atom stereocenters. The number of thiophene rings is 1. The van der Waals surface area contributed by atoms with Crippen LogP contribution in [0.2, 0.25) is 0 Å². The lowest BCUT2D eigenvalue weighted by Gasteiger charge is -2.15. The molecule has 0 aliphatic rings. The first kappa shape index (κ1) is 10.7. The molecule has 0 fully saturated rings. The largest absolute Gasteiger partial charge is 0.304 e. The van der Waals surface area contributed by atoms with Crippen molar-refractivity contribution < 1.29 is 13.0 Å². The van der Waals surface area contributed by atoms with Crippen LogP contribution in [0.25, 0.3) is 0 Å². The summed E-state index contributed by atoms with van der Waals surface area (Å²) in [7, 11) is -4.02. The Morgan fingerprint density at radius 3 is 2.15 bits per heavy atom. The monoisotopic (exact) mass is 220 g/mol. The minimum atomic E-state index is -4.02. The summed E-state index contributed by atoms with van der Waals surface area (Å²) in [6, 6.07) is 1.51. The Bertz CT molecular complexity index is 395. The van der Waals surface area contributed by atoms with Gasteiger partial charge in [0, 0.05) is 0 Å². The van der Waals surface area contributed by atoms with Gasteiger partial charge in [0.2, 0.25) is 0 Å². The first-order valence-electron chi connectivity index (χ1n) is 3.78. The summed E-state index contributed by atoms with van der Waals surface area (Å²) in [4.78, 5) is 0. The third-order valence-electron chi connectivity index (χ3n) is 1.70. The molecule has 0 saturated carbocycles.